The molecular weight excluding hydrogens is 456 g/mol. The van der Waals surface area contributed by atoms with Crippen LogP contribution >= 0.6 is 0 Å². The van der Waals surface area contributed by atoms with Crippen LogP contribution in [0, 0.1) is 23.4 Å². The second-order valence-electron chi connectivity index (χ2n) is 8.03. The van der Waals surface area contributed by atoms with Gasteiger partial charge in [0.15, 0.2) is 17.5 Å². The summed E-state index contributed by atoms with van der Waals surface area (Å²) >= 11 is 0. The number of fused-ring (bicyclic) bond motifs is 1. The average molecular weight is 477 g/mol. The van der Waals surface area contributed by atoms with Crippen LogP contribution in [0.1, 0.15) is 37.5 Å². The van der Waals surface area contributed by atoms with E-state index in [2.05, 4.69) is 15.5 Å². The highest BCUT2D eigenvalue weighted by atomic mass is 19.4. The topological polar surface area (TPSA) is 80.1 Å². The van der Waals surface area contributed by atoms with Gasteiger partial charge in [-0.05, 0) is 18.1 Å². The molecule has 1 aliphatic heterocycles. The van der Waals surface area contributed by atoms with Crippen molar-refractivity contribution in [1.29, 1.82) is 0 Å². The maximum Gasteiger partial charge on any atom is 0.451 e. The number of nitrogens with zero attached hydrogens (tertiary/aromatic N) is 4. The third-order valence-corrected chi connectivity index (χ3v) is 5.21. The lowest BCUT2D eigenvalue weighted by Crippen LogP contribution is -2.45. The van der Waals surface area contributed by atoms with Crippen molar-refractivity contribution in [3.05, 3.63) is 46.8 Å². The van der Waals surface area contributed by atoms with Crippen LogP contribution in [0.15, 0.2) is 12.1 Å². The van der Waals surface area contributed by atoms with E-state index in [0.29, 0.717) is 12.1 Å². The maximum absolute atomic E-state index is 14.1. The van der Waals surface area contributed by atoms with E-state index >= 15 is 0 Å². The number of halogens is 6. The molecule has 1 N–H and O–H groups in total. The fourth-order valence-electron chi connectivity index (χ4n) is 3.45. The minimum atomic E-state index is -4.68. The number of amides is 2. The SMILES string of the molecule is CC(C)C(=O)N[C@@H](CC(=O)N1CCn2c(nnc2C(F)(F)F)C1)Cc1cc(F)c(F)cc1F. The smallest absolute Gasteiger partial charge is 0.352 e. The van der Waals surface area contributed by atoms with Gasteiger partial charge in [0.05, 0.1) is 6.54 Å². The Labute approximate surface area is 184 Å². The predicted molar refractivity (Wildman–Crippen MR) is 102 cm³/mol. The third kappa shape index (κ3) is 5.63. The summed E-state index contributed by atoms with van der Waals surface area (Å²) in [5.41, 5.74) is -0.232. The summed E-state index contributed by atoms with van der Waals surface area (Å²) in [6.45, 7) is 2.73. The Bertz CT molecular complexity index is 1050. The first-order valence-corrected chi connectivity index (χ1v) is 10.1. The zero-order valence-electron chi connectivity index (χ0n) is 17.7. The largest absolute Gasteiger partial charge is 0.451 e. The minimum Gasteiger partial charge on any atom is -0.352 e. The van der Waals surface area contributed by atoms with Gasteiger partial charge in [-0.25, -0.2) is 13.2 Å². The van der Waals surface area contributed by atoms with Crippen LogP contribution in [-0.2, 0) is 35.3 Å². The van der Waals surface area contributed by atoms with Gasteiger partial charge in [-0.15, -0.1) is 10.2 Å². The van der Waals surface area contributed by atoms with Crippen molar-refractivity contribution in [2.45, 2.75) is 52.0 Å². The lowest BCUT2D eigenvalue weighted by molar-refractivity contribution is -0.148. The molecule has 0 bridgehead atoms. The highest BCUT2D eigenvalue weighted by molar-refractivity contribution is 5.81. The van der Waals surface area contributed by atoms with Crippen molar-refractivity contribution >= 4 is 11.8 Å². The molecule has 2 amide bonds. The molecule has 0 spiro atoms. The minimum absolute atomic E-state index is 0.0451. The number of aromatic nitrogens is 3. The Balaban J connectivity index is 1.75. The van der Waals surface area contributed by atoms with Crippen molar-refractivity contribution in [3.8, 4) is 0 Å². The number of hydrogen-bond acceptors (Lipinski definition) is 4. The van der Waals surface area contributed by atoms with Crippen LogP contribution in [0.4, 0.5) is 26.3 Å². The molecule has 1 aromatic carbocycles. The number of hydrogen-bond donors (Lipinski definition) is 1. The number of benzene rings is 1. The highest BCUT2D eigenvalue weighted by Crippen LogP contribution is 2.29. The van der Waals surface area contributed by atoms with Crippen LogP contribution < -0.4 is 5.32 Å². The summed E-state index contributed by atoms with van der Waals surface area (Å²) in [5.74, 6) is -6.31. The first-order chi connectivity index (χ1) is 15.4. The summed E-state index contributed by atoms with van der Waals surface area (Å²) in [5, 5.41) is 9.24. The van der Waals surface area contributed by atoms with E-state index in [0.717, 1.165) is 4.57 Å². The normalized spacial score (nSPS) is 14.9. The van der Waals surface area contributed by atoms with E-state index in [9.17, 15) is 35.9 Å². The van der Waals surface area contributed by atoms with Crippen LogP contribution in [0.2, 0.25) is 0 Å². The molecule has 0 radical (unpaired) electrons. The first-order valence-electron chi connectivity index (χ1n) is 10.1. The molecule has 0 unspecified atom stereocenters. The molecule has 1 aliphatic rings. The molecule has 180 valence electrons. The molecule has 7 nitrogen and oxygen atoms in total. The van der Waals surface area contributed by atoms with E-state index in [-0.39, 0.29) is 43.9 Å². The number of rotatable bonds is 6. The zero-order chi connectivity index (χ0) is 24.5. The summed E-state index contributed by atoms with van der Waals surface area (Å²) in [6, 6.07) is 0.0761. The molecule has 1 atom stereocenters. The van der Waals surface area contributed by atoms with Gasteiger partial charge in [0, 0.05) is 37.5 Å². The number of carbonyl (C=O) groups excluding carboxylic acids is 2. The molecule has 0 aliphatic carbocycles. The second-order valence-corrected chi connectivity index (χ2v) is 8.03. The van der Waals surface area contributed by atoms with E-state index in [4.69, 9.17) is 0 Å². The van der Waals surface area contributed by atoms with Crippen LogP contribution in [0.5, 0.6) is 0 Å². The number of nitrogens with one attached hydrogen (secondary N) is 1. The monoisotopic (exact) mass is 477 g/mol. The third-order valence-electron chi connectivity index (χ3n) is 5.21. The molecule has 0 saturated carbocycles. The van der Waals surface area contributed by atoms with Crippen molar-refractivity contribution in [2.24, 2.45) is 5.92 Å². The zero-order valence-corrected chi connectivity index (χ0v) is 17.7. The van der Waals surface area contributed by atoms with Gasteiger partial charge in [-0.1, -0.05) is 13.8 Å². The molecular formula is C20H21F6N5O2. The standard InChI is InChI=1S/C20H21F6N5O2/c1-10(2)18(33)27-12(5-11-6-14(22)15(23)8-13(11)21)7-17(32)30-3-4-31-16(9-30)28-29-19(31)20(24,25)26/h6,8,10,12H,3-5,7,9H2,1-2H3,(H,27,33)/t12-/m1/s1. The van der Waals surface area contributed by atoms with Crippen molar-refractivity contribution < 1.29 is 35.9 Å². The summed E-state index contributed by atoms with van der Waals surface area (Å²) in [6.07, 6.45) is -5.31. The molecule has 33 heavy (non-hydrogen) atoms. The van der Waals surface area contributed by atoms with Gasteiger partial charge in [-0.2, -0.15) is 13.2 Å². The van der Waals surface area contributed by atoms with Crippen molar-refractivity contribution in [2.75, 3.05) is 6.54 Å². The van der Waals surface area contributed by atoms with Crippen molar-refractivity contribution in [3.63, 3.8) is 0 Å². The summed E-state index contributed by atoms with van der Waals surface area (Å²) in [4.78, 5) is 26.3. The molecule has 0 saturated heterocycles. The second kappa shape index (κ2) is 9.40. The molecule has 13 heteroatoms. The van der Waals surface area contributed by atoms with Gasteiger partial charge >= 0.3 is 6.18 Å². The Morgan fingerprint density at radius 2 is 1.73 bits per heavy atom. The average Bonchev–Trinajstić information content (AvgIpc) is 3.15. The van der Waals surface area contributed by atoms with Crippen molar-refractivity contribution in [1.82, 2.24) is 25.0 Å². The van der Waals surface area contributed by atoms with Crippen LogP contribution in [-0.4, -0.2) is 44.1 Å². The van der Waals surface area contributed by atoms with Crippen LogP contribution in [0.3, 0.4) is 0 Å². The fraction of sp³-hybridized carbons (Fsp3) is 0.500. The quantitative estimate of drug-likeness (QED) is 0.513. The lowest BCUT2D eigenvalue weighted by atomic mass is 10.0. The molecule has 2 aromatic rings. The molecule has 2 heterocycles. The van der Waals surface area contributed by atoms with Gasteiger partial charge in [0.2, 0.25) is 17.6 Å². The molecule has 1 aromatic heterocycles. The van der Waals surface area contributed by atoms with Gasteiger partial charge in [0.25, 0.3) is 0 Å². The van der Waals surface area contributed by atoms with E-state index in [1.54, 1.807) is 13.8 Å². The van der Waals surface area contributed by atoms with E-state index in [1.807, 2.05) is 0 Å². The number of carbonyl (C=O) groups is 2. The number of alkyl halides is 3. The Hall–Kier alpha value is -3.12. The van der Waals surface area contributed by atoms with E-state index in [1.165, 1.54) is 4.90 Å². The Morgan fingerprint density at radius 3 is 2.36 bits per heavy atom. The lowest BCUT2D eigenvalue weighted by Gasteiger charge is -2.30. The predicted octanol–water partition coefficient (Wildman–Crippen LogP) is 2.83. The highest BCUT2D eigenvalue weighted by Gasteiger charge is 2.40. The van der Waals surface area contributed by atoms with Gasteiger partial charge in [0.1, 0.15) is 5.82 Å². The Morgan fingerprint density at radius 1 is 1.06 bits per heavy atom. The van der Waals surface area contributed by atoms with Crippen LogP contribution in [0.25, 0.3) is 0 Å². The fourth-order valence-corrected chi connectivity index (χ4v) is 3.45. The molecule has 3 rings (SSSR count). The van der Waals surface area contributed by atoms with E-state index < -0.39 is 53.2 Å². The maximum atomic E-state index is 14.1. The van der Waals surface area contributed by atoms with Gasteiger partial charge < -0.3 is 14.8 Å². The summed E-state index contributed by atoms with van der Waals surface area (Å²) in [7, 11) is 0. The Kier molecular flexibility index (Phi) is 6.98. The summed E-state index contributed by atoms with van der Waals surface area (Å²) < 4.78 is 80.8. The first kappa shape index (κ1) is 24.5. The van der Waals surface area contributed by atoms with Gasteiger partial charge in [-0.3, -0.25) is 9.59 Å². The molecule has 0 fully saturated rings.